The van der Waals surface area contributed by atoms with Gasteiger partial charge in [0.1, 0.15) is 0 Å². The minimum absolute atomic E-state index is 0.376. The van der Waals surface area contributed by atoms with E-state index < -0.39 is 0 Å². The Morgan fingerprint density at radius 2 is 1.88 bits per heavy atom. The molecule has 94 valence electrons. The molecule has 1 aliphatic heterocycles. The van der Waals surface area contributed by atoms with Crippen molar-refractivity contribution in [1.29, 1.82) is 0 Å². The fourth-order valence-corrected chi connectivity index (χ4v) is 2.48. The largest absolute Gasteiger partial charge is 0.387 e. The summed E-state index contributed by atoms with van der Waals surface area (Å²) in [6.07, 6.45) is 4.53. The van der Waals surface area contributed by atoms with Gasteiger partial charge in [0.25, 0.3) is 0 Å². The minimum Gasteiger partial charge on any atom is -0.387 e. The first-order chi connectivity index (χ1) is 8.22. The van der Waals surface area contributed by atoms with Crippen molar-refractivity contribution < 1.29 is 5.11 Å². The summed E-state index contributed by atoms with van der Waals surface area (Å²) in [6, 6.07) is 10.7. The lowest BCUT2D eigenvalue weighted by atomic mass is 9.91. The van der Waals surface area contributed by atoms with Gasteiger partial charge in [-0.2, -0.15) is 0 Å². The maximum atomic E-state index is 9.88. The number of likely N-dealkylation sites (tertiary alicyclic amines) is 1. The molecule has 1 N–H and O–H groups in total. The molecule has 17 heavy (non-hydrogen) atoms. The second-order valence-electron chi connectivity index (χ2n) is 5.23. The van der Waals surface area contributed by atoms with E-state index in [2.05, 4.69) is 42.2 Å². The molecule has 0 saturated carbocycles. The second kappa shape index (κ2) is 5.65. The van der Waals surface area contributed by atoms with Gasteiger partial charge < -0.3 is 5.11 Å². The van der Waals surface area contributed by atoms with Crippen molar-refractivity contribution in [3.63, 3.8) is 0 Å². The van der Waals surface area contributed by atoms with Crippen molar-refractivity contribution in [2.75, 3.05) is 19.6 Å². The van der Waals surface area contributed by atoms with Gasteiger partial charge in [-0.1, -0.05) is 37.3 Å². The van der Waals surface area contributed by atoms with Gasteiger partial charge in [-0.25, -0.2) is 0 Å². The Hall–Kier alpha value is -0.860. The van der Waals surface area contributed by atoms with E-state index in [-0.39, 0.29) is 5.60 Å². The number of nitrogens with zero attached hydrogens (tertiary/aromatic N) is 1. The van der Waals surface area contributed by atoms with Crippen LogP contribution in [0.5, 0.6) is 0 Å². The maximum absolute atomic E-state index is 9.88. The Bertz CT molecular complexity index is 330. The molecule has 0 aromatic heterocycles. The summed E-state index contributed by atoms with van der Waals surface area (Å²) in [5.74, 6) is 0. The predicted octanol–water partition coefficient (Wildman–Crippen LogP) is 2.47. The molecule has 0 aliphatic carbocycles. The van der Waals surface area contributed by atoms with Gasteiger partial charge in [0.2, 0.25) is 0 Å². The first-order valence-corrected chi connectivity index (χ1v) is 6.70. The first-order valence-electron chi connectivity index (χ1n) is 6.70. The molecule has 2 nitrogen and oxygen atoms in total. The molecule has 1 heterocycles. The fourth-order valence-electron chi connectivity index (χ4n) is 2.48. The molecule has 1 aromatic carbocycles. The van der Waals surface area contributed by atoms with Crippen molar-refractivity contribution in [2.24, 2.45) is 0 Å². The Morgan fingerprint density at radius 1 is 1.18 bits per heavy atom. The average Bonchev–Trinajstić information content (AvgIpc) is 2.33. The fraction of sp³-hybridized carbons (Fsp3) is 0.600. The predicted molar refractivity (Wildman–Crippen MR) is 71.1 cm³/mol. The van der Waals surface area contributed by atoms with E-state index in [9.17, 15) is 5.11 Å². The molecule has 0 spiro atoms. The third-order valence-corrected chi connectivity index (χ3v) is 3.73. The molecule has 2 heteroatoms. The van der Waals surface area contributed by atoms with Crippen molar-refractivity contribution in [1.82, 2.24) is 4.90 Å². The van der Waals surface area contributed by atoms with Crippen LogP contribution in [0.2, 0.25) is 0 Å². The Morgan fingerprint density at radius 3 is 2.53 bits per heavy atom. The van der Waals surface area contributed by atoms with Crippen molar-refractivity contribution in [2.45, 2.75) is 38.2 Å². The van der Waals surface area contributed by atoms with Crippen LogP contribution in [0.1, 0.15) is 31.7 Å². The van der Waals surface area contributed by atoms with Crippen LogP contribution in [0.25, 0.3) is 0 Å². The van der Waals surface area contributed by atoms with Crippen molar-refractivity contribution >= 4 is 0 Å². The molecule has 0 unspecified atom stereocenters. The number of aliphatic hydroxyl groups is 1. The van der Waals surface area contributed by atoms with Crippen LogP contribution in [-0.2, 0) is 6.42 Å². The topological polar surface area (TPSA) is 23.5 Å². The van der Waals surface area contributed by atoms with E-state index in [1.54, 1.807) is 0 Å². The SMILES string of the molecule is CCC1(O)CN(CCCCc2ccccc2)C1. The number of benzene rings is 1. The zero-order valence-electron chi connectivity index (χ0n) is 10.7. The Kier molecular flexibility index (Phi) is 4.19. The van der Waals surface area contributed by atoms with Gasteiger partial charge in [0.15, 0.2) is 0 Å². The summed E-state index contributed by atoms with van der Waals surface area (Å²) < 4.78 is 0. The summed E-state index contributed by atoms with van der Waals surface area (Å²) in [5.41, 5.74) is 1.06. The zero-order chi connectivity index (χ0) is 12.1. The number of hydrogen-bond acceptors (Lipinski definition) is 2. The molecule has 1 fully saturated rings. The van der Waals surface area contributed by atoms with Gasteiger partial charge in [-0.3, -0.25) is 4.90 Å². The van der Waals surface area contributed by atoms with Crippen LogP contribution in [0.15, 0.2) is 30.3 Å². The van der Waals surface area contributed by atoms with Crippen molar-refractivity contribution in [3.8, 4) is 0 Å². The monoisotopic (exact) mass is 233 g/mol. The van der Waals surface area contributed by atoms with Gasteiger partial charge >= 0.3 is 0 Å². The number of hydrogen-bond donors (Lipinski definition) is 1. The maximum Gasteiger partial charge on any atom is 0.0897 e. The number of aryl methyl sites for hydroxylation is 1. The summed E-state index contributed by atoms with van der Waals surface area (Å²) >= 11 is 0. The third kappa shape index (κ3) is 3.55. The molecule has 1 saturated heterocycles. The lowest BCUT2D eigenvalue weighted by molar-refractivity contribution is -0.0994. The first kappa shape index (κ1) is 12.6. The highest BCUT2D eigenvalue weighted by Crippen LogP contribution is 2.24. The zero-order valence-corrected chi connectivity index (χ0v) is 10.7. The molecule has 0 amide bonds. The third-order valence-electron chi connectivity index (χ3n) is 3.73. The van der Waals surface area contributed by atoms with E-state index >= 15 is 0 Å². The number of β-amino-alcohol motifs (C(OH)–C–C–N with tert-alkyl or cyclic N) is 1. The summed E-state index contributed by atoms with van der Waals surface area (Å²) in [7, 11) is 0. The second-order valence-corrected chi connectivity index (χ2v) is 5.23. The van der Waals surface area contributed by atoms with Crippen LogP contribution >= 0.6 is 0 Å². The molecular formula is C15H23NO. The van der Waals surface area contributed by atoms with Crippen molar-refractivity contribution in [3.05, 3.63) is 35.9 Å². The van der Waals surface area contributed by atoms with Gasteiger partial charge in [-0.05, 0) is 37.8 Å². The lowest BCUT2D eigenvalue weighted by Crippen LogP contribution is -2.61. The van der Waals surface area contributed by atoms with Gasteiger partial charge in [0, 0.05) is 13.1 Å². The van der Waals surface area contributed by atoms with Crippen LogP contribution in [-0.4, -0.2) is 35.2 Å². The van der Waals surface area contributed by atoms with E-state index in [1.165, 1.54) is 24.8 Å². The average molecular weight is 233 g/mol. The number of rotatable bonds is 6. The quantitative estimate of drug-likeness (QED) is 0.763. The van der Waals surface area contributed by atoms with E-state index in [4.69, 9.17) is 0 Å². The molecule has 0 atom stereocenters. The highest BCUT2D eigenvalue weighted by Gasteiger charge is 2.38. The highest BCUT2D eigenvalue weighted by molar-refractivity contribution is 5.14. The molecule has 0 radical (unpaired) electrons. The number of unbranched alkanes of at least 4 members (excludes halogenated alkanes) is 1. The molecule has 1 aliphatic rings. The summed E-state index contributed by atoms with van der Waals surface area (Å²) in [6.45, 7) is 4.94. The lowest BCUT2D eigenvalue weighted by Gasteiger charge is -2.46. The summed E-state index contributed by atoms with van der Waals surface area (Å²) in [5, 5.41) is 9.88. The van der Waals surface area contributed by atoms with Crippen LogP contribution in [0, 0.1) is 0 Å². The minimum atomic E-state index is -0.376. The summed E-state index contributed by atoms with van der Waals surface area (Å²) in [4.78, 5) is 2.36. The van der Waals surface area contributed by atoms with E-state index in [0.29, 0.717) is 0 Å². The van der Waals surface area contributed by atoms with Gasteiger partial charge in [0.05, 0.1) is 5.60 Å². The highest BCUT2D eigenvalue weighted by atomic mass is 16.3. The Balaban J connectivity index is 1.56. The van der Waals surface area contributed by atoms with E-state index in [0.717, 1.165) is 26.1 Å². The van der Waals surface area contributed by atoms with E-state index in [1.807, 2.05) is 0 Å². The molecule has 2 rings (SSSR count). The van der Waals surface area contributed by atoms with Crippen LogP contribution in [0.3, 0.4) is 0 Å². The smallest absolute Gasteiger partial charge is 0.0897 e. The molecular weight excluding hydrogens is 210 g/mol. The molecule has 0 bridgehead atoms. The van der Waals surface area contributed by atoms with Gasteiger partial charge in [-0.15, -0.1) is 0 Å². The Labute approximate surface area is 104 Å². The van der Waals surface area contributed by atoms with Crippen LogP contribution < -0.4 is 0 Å². The van der Waals surface area contributed by atoms with Crippen LogP contribution in [0.4, 0.5) is 0 Å². The standard InChI is InChI=1S/C15H23NO/c1-2-15(17)12-16(13-15)11-7-6-10-14-8-4-3-5-9-14/h3-5,8-9,17H,2,6-7,10-13H2,1H3. The normalized spacial score (nSPS) is 18.9. The molecule has 1 aromatic rings.